The molecule has 1 fully saturated rings. The van der Waals surface area contributed by atoms with Gasteiger partial charge in [0.2, 0.25) is 0 Å². The molecule has 1 nitrogen and oxygen atoms in total. The van der Waals surface area contributed by atoms with Crippen LogP contribution in [0.1, 0.15) is 46.0 Å². The standard InChI is InChI=1S/C10H18O/c1-8-5-3-4-6-9(2)10(11)7-8/h8-9H,3-7H2,1-2H3/t8-,9+/m1/s1. The number of Topliss-reactive ketones (excluding diaryl/α,β-unsaturated/α-hetero) is 1. The van der Waals surface area contributed by atoms with Crippen molar-refractivity contribution in [3.8, 4) is 0 Å². The first-order chi connectivity index (χ1) is 5.20. The summed E-state index contributed by atoms with van der Waals surface area (Å²) in [6.07, 6.45) is 5.75. The van der Waals surface area contributed by atoms with E-state index in [4.69, 9.17) is 0 Å². The van der Waals surface area contributed by atoms with E-state index in [0.29, 0.717) is 17.6 Å². The molecule has 1 saturated carbocycles. The van der Waals surface area contributed by atoms with Crippen LogP contribution in [0.15, 0.2) is 0 Å². The number of hydrogen-bond donors (Lipinski definition) is 0. The van der Waals surface area contributed by atoms with Crippen molar-refractivity contribution in [2.24, 2.45) is 11.8 Å². The Morgan fingerprint density at radius 3 is 2.55 bits per heavy atom. The third-order valence-corrected chi connectivity index (χ3v) is 2.68. The fraction of sp³-hybridized carbons (Fsp3) is 0.900. The largest absolute Gasteiger partial charge is 0.299 e. The molecule has 0 aromatic carbocycles. The van der Waals surface area contributed by atoms with Crippen LogP contribution in [0.4, 0.5) is 0 Å². The van der Waals surface area contributed by atoms with Crippen LogP contribution in [0.25, 0.3) is 0 Å². The molecule has 64 valence electrons. The molecule has 0 bridgehead atoms. The monoisotopic (exact) mass is 154 g/mol. The fourth-order valence-electron chi connectivity index (χ4n) is 1.75. The number of rotatable bonds is 0. The lowest BCUT2D eigenvalue weighted by Crippen LogP contribution is -2.16. The SMILES string of the molecule is C[C@@H]1CCCC[C@H](C)C(=O)C1. The van der Waals surface area contributed by atoms with Gasteiger partial charge in [-0.05, 0) is 12.3 Å². The van der Waals surface area contributed by atoms with Crippen molar-refractivity contribution in [1.29, 1.82) is 0 Å². The zero-order valence-corrected chi connectivity index (χ0v) is 7.60. The van der Waals surface area contributed by atoms with Crippen LogP contribution in [-0.4, -0.2) is 5.78 Å². The van der Waals surface area contributed by atoms with Crippen LogP contribution in [0, 0.1) is 11.8 Å². The lowest BCUT2D eigenvalue weighted by Gasteiger charge is -2.18. The second-order valence-corrected chi connectivity index (χ2v) is 3.96. The molecule has 0 amide bonds. The molecule has 0 N–H and O–H groups in total. The van der Waals surface area contributed by atoms with Crippen molar-refractivity contribution in [2.45, 2.75) is 46.0 Å². The summed E-state index contributed by atoms with van der Waals surface area (Å²) in [5.41, 5.74) is 0. The highest BCUT2D eigenvalue weighted by Crippen LogP contribution is 2.22. The Morgan fingerprint density at radius 1 is 1.18 bits per heavy atom. The van der Waals surface area contributed by atoms with Crippen molar-refractivity contribution in [3.63, 3.8) is 0 Å². The maximum absolute atomic E-state index is 11.4. The van der Waals surface area contributed by atoms with Crippen molar-refractivity contribution < 1.29 is 4.79 Å². The van der Waals surface area contributed by atoms with E-state index in [-0.39, 0.29) is 0 Å². The van der Waals surface area contributed by atoms with Crippen molar-refractivity contribution in [2.75, 3.05) is 0 Å². The zero-order valence-electron chi connectivity index (χ0n) is 7.60. The Bertz CT molecular complexity index is 140. The highest BCUT2D eigenvalue weighted by atomic mass is 16.1. The second kappa shape index (κ2) is 3.89. The maximum atomic E-state index is 11.4. The van der Waals surface area contributed by atoms with E-state index < -0.39 is 0 Å². The summed E-state index contributed by atoms with van der Waals surface area (Å²) in [6.45, 7) is 4.26. The zero-order chi connectivity index (χ0) is 8.27. The number of hydrogen-bond acceptors (Lipinski definition) is 1. The van der Waals surface area contributed by atoms with Gasteiger partial charge < -0.3 is 0 Å². The van der Waals surface area contributed by atoms with Crippen LogP contribution >= 0.6 is 0 Å². The highest BCUT2D eigenvalue weighted by molar-refractivity contribution is 5.80. The van der Waals surface area contributed by atoms with Crippen molar-refractivity contribution >= 4 is 5.78 Å². The lowest BCUT2D eigenvalue weighted by atomic mass is 9.86. The molecule has 1 aliphatic carbocycles. The molecule has 1 aliphatic rings. The van der Waals surface area contributed by atoms with Crippen molar-refractivity contribution in [3.05, 3.63) is 0 Å². The maximum Gasteiger partial charge on any atom is 0.135 e. The summed E-state index contributed by atoms with van der Waals surface area (Å²) < 4.78 is 0. The van der Waals surface area contributed by atoms with Crippen LogP contribution in [0.3, 0.4) is 0 Å². The minimum Gasteiger partial charge on any atom is -0.299 e. The molecule has 0 saturated heterocycles. The lowest BCUT2D eigenvalue weighted by molar-refractivity contribution is -0.123. The van der Waals surface area contributed by atoms with Gasteiger partial charge in [-0.3, -0.25) is 4.79 Å². The van der Waals surface area contributed by atoms with E-state index in [2.05, 4.69) is 13.8 Å². The van der Waals surface area contributed by atoms with Gasteiger partial charge in [-0.15, -0.1) is 0 Å². The summed E-state index contributed by atoms with van der Waals surface area (Å²) in [4.78, 5) is 11.4. The molecular weight excluding hydrogens is 136 g/mol. The predicted molar refractivity (Wildman–Crippen MR) is 46.4 cm³/mol. The molecule has 0 heterocycles. The Hall–Kier alpha value is -0.330. The normalized spacial score (nSPS) is 34.5. The molecule has 0 radical (unpaired) electrons. The van der Waals surface area contributed by atoms with E-state index >= 15 is 0 Å². The molecule has 2 atom stereocenters. The second-order valence-electron chi connectivity index (χ2n) is 3.96. The van der Waals surface area contributed by atoms with Gasteiger partial charge in [-0.1, -0.05) is 33.1 Å². The molecule has 0 aromatic heterocycles. The molecule has 11 heavy (non-hydrogen) atoms. The Balaban J connectivity index is 2.45. The van der Waals surface area contributed by atoms with Gasteiger partial charge >= 0.3 is 0 Å². The summed E-state index contributed by atoms with van der Waals surface area (Å²) >= 11 is 0. The van der Waals surface area contributed by atoms with Crippen molar-refractivity contribution in [1.82, 2.24) is 0 Å². The Kier molecular flexibility index (Phi) is 3.10. The van der Waals surface area contributed by atoms with Gasteiger partial charge in [0.1, 0.15) is 5.78 Å². The van der Waals surface area contributed by atoms with Gasteiger partial charge in [0, 0.05) is 12.3 Å². The minimum absolute atomic E-state index is 0.331. The molecular formula is C10H18O. The fourth-order valence-corrected chi connectivity index (χ4v) is 1.75. The van der Waals surface area contributed by atoms with E-state index in [9.17, 15) is 4.79 Å². The van der Waals surface area contributed by atoms with Crippen LogP contribution in [0.2, 0.25) is 0 Å². The summed E-state index contributed by atoms with van der Waals surface area (Å²) in [5, 5.41) is 0. The Morgan fingerprint density at radius 2 is 1.82 bits per heavy atom. The molecule has 1 heteroatoms. The summed E-state index contributed by atoms with van der Waals surface area (Å²) in [5.74, 6) is 1.44. The van der Waals surface area contributed by atoms with E-state index in [0.717, 1.165) is 12.8 Å². The van der Waals surface area contributed by atoms with Crippen LogP contribution in [0.5, 0.6) is 0 Å². The molecule has 0 unspecified atom stereocenters. The number of carbonyl (C=O) groups excluding carboxylic acids is 1. The topological polar surface area (TPSA) is 17.1 Å². The van der Waals surface area contributed by atoms with Gasteiger partial charge in [-0.25, -0.2) is 0 Å². The van der Waals surface area contributed by atoms with Gasteiger partial charge in [0.15, 0.2) is 0 Å². The summed E-state index contributed by atoms with van der Waals surface area (Å²) in [7, 11) is 0. The van der Waals surface area contributed by atoms with E-state index in [1.54, 1.807) is 0 Å². The third-order valence-electron chi connectivity index (χ3n) is 2.68. The molecule has 0 spiro atoms. The first-order valence-corrected chi connectivity index (χ1v) is 4.73. The summed E-state index contributed by atoms with van der Waals surface area (Å²) in [6, 6.07) is 0. The molecule has 0 aliphatic heterocycles. The van der Waals surface area contributed by atoms with E-state index in [1.165, 1.54) is 19.3 Å². The van der Waals surface area contributed by atoms with E-state index in [1.807, 2.05) is 0 Å². The number of ketones is 1. The minimum atomic E-state index is 0.331. The molecule has 0 aromatic rings. The first-order valence-electron chi connectivity index (χ1n) is 4.73. The number of carbonyl (C=O) groups is 1. The van der Waals surface area contributed by atoms with Gasteiger partial charge in [-0.2, -0.15) is 0 Å². The smallest absolute Gasteiger partial charge is 0.135 e. The highest BCUT2D eigenvalue weighted by Gasteiger charge is 2.18. The quantitative estimate of drug-likeness (QED) is 0.524. The van der Waals surface area contributed by atoms with Crippen LogP contribution in [-0.2, 0) is 4.79 Å². The average Bonchev–Trinajstić information content (AvgIpc) is 1.95. The predicted octanol–water partition coefficient (Wildman–Crippen LogP) is 2.79. The third kappa shape index (κ3) is 2.64. The van der Waals surface area contributed by atoms with Gasteiger partial charge in [0.25, 0.3) is 0 Å². The molecule has 1 rings (SSSR count). The Labute approximate surface area is 69.2 Å². The van der Waals surface area contributed by atoms with Crippen LogP contribution < -0.4 is 0 Å². The van der Waals surface area contributed by atoms with Gasteiger partial charge in [0.05, 0.1) is 0 Å². The first kappa shape index (κ1) is 8.76. The average molecular weight is 154 g/mol.